The van der Waals surface area contributed by atoms with Crippen molar-refractivity contribution in [2.24, 2.45) is 18.9 Å². The Kier molecular flexibility index (Phi) is 6.69. The van der Waals surface area contributed by atoms with Gasteiger partial charge in [0.15, 0.2) is 5.58 Å². The molecule has 1 aromatic carbocycles. The van der Waals surface area contributed by atoms with E-state index in [4.69, 9.17) is 9.26 Å². The molecule has 5 rings (SSSR count). The maximum atomic E-state index is 6.16. The third-order valence-electron chi connectivity index (χ3n) is 7.20. The second-order valence-corrected chi connectivity index (χ2v) is 10.3. The molecule has 2 aliphatic rings. The molecule has 0 unspecified atom stereocenters. The molecule has 3 heterocycles. The number of hydrogen-bond acceptors (Lipinski definition) is 6. The number of imidazole rings is 1. The van der Waals surface area contributed by atoms with Gasteiger partial charge in [-0.2, -0.15) is 0 Å². The van der Waals surface area contributed by atoms with Crippen molar-refractivity contribution in [2.45, 2.75) is 51.6 Å². The summed E-state index contributed by atoms with van der Waals surface area (Å²) in [6.07, 6.45) is 11.1. The van der Waals surface area contributed by atoms with Crippen molar-refractivity contribution in [3.8, 4) is 5.75 Å². The van der Waals surface area contributed by atoms with Crippen molar-refractivity contribution in [1.82, 2.24) is 24.5 Å². The molecule has 0 N–H and O–H groups in total. The summed E-state index contributed by atoms with van der Waals surface area (Å²) in [5.74, 6) is 3.58. The lowest BCUT2D eigenvalue weighted by Gasteiger charge is -2.31. The third-order valence-corrected chi connectivity index (χ3v) is 7.20. The molecule has 0 radical (unpaired) electrons. The number of piperidine rings is 1. The van der Waals surface area contributed by atoms with Gasteiger partial charge in [0.25, 0.3) is 0 Å². The van der Waals surface area contributed by atoms with Crippen molar-refractivity contribution in [3.63, 3.8) is 0 Å². The standard InChI is InChI=1S/C26H37N5O2/c1-29(2)16-22-24(32-18-20-4-5-20)9-7-21-23(28-33-26(21)22)8-6-19-10-13-31(14-11-19)17-25-27-12-15-30(25)3/h7,9,12,15,19-20H,4-6,8,10-11,13-14,16-18H2,1-3H3. The van der Waals surface area contributed by atoms with E-state index in [0.717, 1.165) is 84.8 Å². The first-order valence-corrected chi connectivity index (χ1v) is 12.4. The van der Waals surface area contributed by atoms with Gasteiger partial charge in [-0.15, -0.1) is 0 Å². The molecule has 7 heteroatoms. The van der Waals surface area contributed by atoms with E-state index in [1.807, 2.05) is 12.4 Å². The van der Waals surface area contributed by atoms with E-state index >= 15 is 0 Å². The molecule has 0 amide bonds. The Balaban J connectivity index is 1.20. The third kappa shape index (κ3) is 5.41. The summed E-state index contributed by atoms with van der Waals surface area (Å²) in [5.41, 5.74) is 3.12. The van der Waals surface area contributed by atoms with Gasteiger partial charge in [0.05, 0.1) is 24.4 Å². The fraction of sp³-hybridized carbons (Fsp3) is 0.615. The van der Waals surface area contributed by atoms with Crippen LogP contribution in [0.25, 0.3) is 11.0 Å². The van der Waals surface area contributed by atoms with Crippen molar-refractivity contribution >= 4 is 11.0 Å². The van der Waals surface area contributed by atoms with Crippen LogP contribution in [0.15, 0.2) is 29.0 Å². The fourth-order valence-electron chi connectivity index (χ4n) is 4.89. The summed E-state index contributed by atoms with van der Waals surface area (Å²) in [6.45, 7) is 4.84. The van der Waals surface area contributed by atoms with Crippen molar-refractivity contribution in [1.29, 1.82) is 0 Å². The summed E-state index contributed by atoms with van der Waals surface area (Å²) >= 11 is 0. The predicted octanol–water partition coefficient (Wildman–Crippen LogP) is 4.26. The number of aromatic nitrogens is 3. The van der Waals surface area contributed by atoms with Crippen LogP contribution < -0.4 is 4.74 Å². The smallest absolute Gasteiger partial charge is 0.175 e. The van der Waals surface area contributed by atoms with E-state index in [1.165, 1.54) is 32.1 Å². The highest BCUT2D eigenvalue weighted by Crippen LogP contribution is 2.35. The average molecular weight is 452 g/mol. The van der Waals surface area contributed by atoms with E-state index in [0.29, 0.717) is 0 Å². The highest BCUT2D eigenvalue weighted by Gasteiger charge is 2.25. The highest BCUT2D eigenvalue weighted by molar-refractivity contribution is 5.84. The molecular formula is C26H37N5O2. The summed E-state index contributed by atoms with van der Waals surface area (Å²) in [5, 5.41) is 5.65. The van der Waals surface area contributed by atoms with Gasteiger partial charge in [0.1, 0.15) is 11.6 Å². The number of fused-ring (bicyclic) bond motifs is 1. The normalized spacial score (nSPS) is 17.9. The summed E-state index contributed by atoms with van der Waals surface area (Å²) in [6, 6.07) is 4.28. The Bertz CT molecular complexity index is 1060. The van der Waals surface area contributed by atoms with E-state index in [2.05, 4.69) is 57.8 Å². The quantitative estimate of drug-likeness (QED) is 0.459. The number of rotatable bonds is 10. The summed E-state index contributed by atoms with van der Waals surface area (Å²) in [7, 11) is 6.24. The maximum Gasteiger partial charge on any atom is 0.175 e. The van der Waals surface area contributed by atoms with Crippen LogP contribution in [0.1, 0.15) is 49.2 Å². The van der Waals surface area contributed by atoms with Crippen molar-refractivity contribution in [3.05, 3.63) is 41.6 Å². The van der Waals surface area contributed by atoms with Gasteiger partial charge in [-0.05, 0) is 89.7 Å². The van der Waals surface area contributed by atoms with Crippen LogP contribution in [0.4, 0.5) is 0 Å². The molecule has 1 saturated carbocycles. The minimum Gasteiger partial charge on any atom is -0.493 e. The number of benzene rings is 1. The maximum absolute atomic E-state index is 6.16. The molecule has 1 aliphatic carbocycles. The van der Waals surface area contributed by atoms with Crippen LogP contribution in [0, 0.1) is 11.8 Å². The van der Waals surface area contributed by atoms with Gasteiger partial charge in [0.2, 0.25) is 0 Å². The molecule has 33 heavy (non-hydrogen) atoms. The lowest BCUT2D eigenvalue weighted by molar-refractivity contribution is 0.167. The fourth-order valence-corrected chi connectivity index (χ4v) is 4.89. The van der Waals surface area contributed by atoms with Crippen LogP contribution in [0.5, 0.6) is 5.75 Å². The first-order valence-electron chi connectivity index (χ1n) is 12.4. The first-order chi connectivity index (χ1) is 16.1. The number of ether oxygens (including phenoxy) is 1. The van der Waals surface area contributed by atoms with Gasteiger partial charge >= 0.3 is 0 Å². The van der Waals surface area contributed by atoms with Crippen LogP contribution >= 0.6 is 0 Å². The van der Waals surface area contributed by atoms with Gasteiger partial charge in [-0.1, -0.05) is 5.16 Å². The van der Waals surface area contributed by atoms with Crippen molar-refractivity contribution < 1.29 is 9.26 Å². The SMILES string of the molecule is CN(C)Cc1c(OCC2CC2)ccc2c(CCC3CCN(Cc4nccn4C)CC3)noc12. The van der Waals surface area contributed by atoms with Crippen LogP contribution in [0.3, 0.4) is 0 Å². The Morgan fingerprint density at radius 3 is 2.64 bits per heavy atom. The van der Waals surface area contributed by atoms with Crippen molar-refractivity contribution in [2.75, 3.05) is 33.8 Å². The zero-order valence-corrected chi connectivity index (χ0v) is 20.3. The topological polar surface area (TPSA) is 59.6 Å². The number of hydrogen-bond donors (Lipinski definition) is 0. The Hall–Kier alpha value is -2.38. The molecule has 7 nitrogen and oxygen atoms in total. The van der Waals surface area contributed by atoms with E-state index in [-0.39, 0.29) is 0 Å². The Labute approximate surface area is 196 Å². The number of likely N-dealkylation sites (tertiary alicyclic amines) is 1. The average Bonchev–Trinajstić information content (AvgIpc) is 3.41. The van der Waals surface area contributed by atoms with Gasteiger partial charge in [-0.25, -0.2) is 4.98 Å². The zero-order valence-electron chi connectivity index (χ0n) is 20.3. The molecule has 178 valence electrons. The molecule has 3 aromatic rings. The highest BCUT2D eigenvalue weighted by atomic mass is 16.5. The van der Waals surface area contributed by atoms with Crippen LogP contribution in [0.2, 0.25) is 0 Å². The molecule has 0 atom stereocenters. The Morgan fingerprint density at radius 2 is 1.94 bits per heavy atom. The largest absolute Gasteiger partial charge is 0.493 e. The van der Waals surface area contributed by atoms with Crippen LogP contribution in [-0.2, 0) is 26.6 Å². The lowest BCUT2D eigenvalue weighted by atomic mass is 9.91. The first kappa shape index (κ1) is 22.4. The number of aryl methyl sites for hydroxylation is 2. The molecule has 1 aliphatic heterocycles. The van der Waals surface area contributed by atoms with E-state index in [1.54, 1.807) is 0 Å². The van der Waals surface area contributed by atoms with E-state index < -0.39 is 0 Å². The minimum absolute atomic E-state index is 0.730. The van der Waals surface area contributed by atoms with E-state index in [9.17, 15) is 0 Å². The second-order valence-electron chi connectivity index (χ2n) is 10.3. The monoisotopic (exact) mass is 451 g/mol. The van der Waals surface area contributed by atoms with Gasteiger partial charge in [-0.3, -0.25) is 4.90 Å². The second kappa shape index (κ2) is 9.85. The summed E-state index contributed by atoms with van der Waals surface area (Å²) in [4.78, 5) is 9.17. The number of nitrogens with zero attached hydrogens (tertiary/aromatic N) is 5. The molecule has 2 aromatic heterocycles. The molecule has 0 bridgehead atoms. The lowest BCUT2D eigenvalue weighted by Crippen LogP contribution is -2.34. The van der Waals surface area contributed by atoms with Gasteiger partial charge in [0, 0.05) is 31.4 Å². The predicted molar refractivity (Wildman–Crippen MR) is 129 cm³/mol. The van der Waals surface area contributed by atoms with Gasteiger partial charge < -0.3 is 18.7 Å². The summed E-state index contributed by atoms with van der Waals surface area (Å²) < 4.78 is 14.2. The zero-order chi connectivity index (χ0) is 22.8. The molecule has 1 saturated heterocycles. The molecular weight excluding hydrogens is 414 g/mol. The van der Waals surface area contributed by atoms with Crippen LogP contribution in [-0.4, -0.2) is 58.3 Å². The Morgan fingerprint density at radius 1 is 1.12 bits per heavy atom. The molecule has 2 fully saturated rings. The molecule has 0 spiro atoms. The minimum atomic E-state index is 0.730.